The maximum atomic E-state index is 12.1. The molecule has 2 aromatic carbocycles. The van der Waals surface area contributed by atoms with E-state index < -0.39 is 0 Å². The normalized spacial score (nSPS) is 9.96. The number of nitrogens with one attached hydrogen (secondary N) is 2. The molecule has 5 nitrogen and oxygen atoms in total. The molecule has 3 rings (SSSR count). The molecule has 0 aliphatic rings. The van der Waals surface area contributed by atoms with Crippen LogP contribution in [0.3, 0.4) is 0 Å². The lowest BCUT2D eigenvalue weighted by Gasteiger charge is -2.06. The highest BCUT2D eigenvalue weighted by atomic mass is 35.5. The third-order valence-corrected chi connectivity index (χ3v) is 3.37. The molecular formula is C16H14Cl2N4O. The number of hydrogen-bond acceptors (Lipinski definition) is 3. The van der Waals surface area contributed by atoms with E-state index in [1.807, 2.05) is 24.3 Å². The largest absolute Gasteiger partial charge is 0.369 e. The Morgan fingerprint density at radius 1 is 1.17 bits per heavy atom. The van der Waals surface area contributed by atoms with Crippen molar-refractivity contribution < 1.29 is 4.79 Å². The number of carbonyl (C=O) groups excluding carboxylic acids is 1. The number of halogens is 2. The van der Waals surface area contributed by atoms with E-state index in [1.54, 1.807) is 30.5 Å². The molecule has 0 atom stereocenters. The summed E-state index contributed by atoms with van der Waals surface area (Å²) in [5.41, 5.74) is 8.52. The zero-order valence-electron chi connectivity index (χ0n) is 11.9. The van der Waals surface area contributed by atoms with Crippen molar-refractivity contribution in [2.75, 3.05) is 11.1 Å². The van der Waals surface area contributed by atoms with Crippen LogP contribution in [0.5, 0.6) is 0 Å². The molecule has 0 aliphatic carbocycles. The minimum absolute atomic E-state index is 0. The second-order valence-electron chi connectivity index (χ2n) is 4.72. The number of benzene rings is 2. The fraction of sp³-hybridized carbons (Fsp3) is 0. The number of imidazole rings is 1. The highest BCUT2D eigenvalue weighted by molar-refractivity contribution is 6.31. The summed E-state index contributed by atoms with van der Waals surface area (Å²) >= 11 is 5.88. The van der Waals surface area contributed by atoms with Crippen molar-refractivity contribution in [3.63, 3.8) is 0 Å². The van der Waals surface area contributed by atoms with Crippen LogP contribution in [0, 0.1) is 0 Å². The van der Waals surface area contributed by atoms with E-state index in [0.717, 1.165) is 11.3 Å². The number of carbonyl (C=O) groups is 1. The number of nitrogen functional groups attached to an aromatic ring is 1. The van der Waals surface area contributed by atoms with Crippen molar-refractivity contribution in [3.8, 4) is 11.3 Å². The minimum Gasteiger partial charge on any atom is -0.369 e. The van der Waals surface area contributed by atoms with E-state index in [2.05, 4.69) is 15.3 Å². The summed E-state index contributed by atoms with van der Waals surface area (Å²) in [7, 11) is 0. The van der Waals surface area contributed by atoms with Gasteiger partial charge in [-0.25, -0.2) is 4.98 Å². The summed E-state index contributed by atoms with van der Waals surface area (Å²) < 4.78 is 0. The predicted octanol–water partition coefficient (Wildman–Crippen LogP) is 3.99. The number of hydrogen-bond donors (Lipinski definition) is 3. The highest BCUT2D eigenvalue weighted by Crippen LogP contribution is 2.20. The Bertz CT molecular complexity index is 815. The molecule has 0 bridgehead atoms. The average Bonchev–Trinajstić information content (AvgIpc) is 2.94. The van der Waals surface area contributed by atoms with Crippen molar-refractivity contribution in [2.45, 2.75) is 0 Å². The number of nitrogens with zero attached hydrogens (tertiary/aromatic N) is 1. The van der Waals surface area contributed by atoms with Gasteiger partial charge >= 0.3 is 0 Å². The van der Waals surface area contributed by atoms with Crippen LogP contribution < -0.4 is 11.1 Å². The Morgan fingerprint density at radius 3 is 2.52 bits per heavy atom. The van der Waals surface area contributed by atoms with Crippen LogP contribution in [-0.4, -0.2) is 15.9 Å². The molecule has 23 heavy (non-hydrogen) atoms. The summed E-state index contributed by atoms with van der Waals surface area (Å²) in [4.78, 5) is 19.0. The van der Waals surface area contributed by atoms with Gasteiger partial charge in [0.25, 0.3) is 5.91 Å². The van der Waals surface area contributed by atoms with E-state index in [1.165, 1.54) is 0 Å². The van der Waals surface area contributed by atoms with Gasteiger partial charge in [0.1, 0.15) is 0 Å². The first kappa shape index (κ1) is 16.9. The van der Waals surface area contributed by atoms with Crippen molar-refractivity contribution in [3.05, 3.63) is 65.3 Å². The van der Waals surface area contributed by atoms with Crippen molar-refractivity contribution in [1.82, 2.24) is 9.97 Å². The number of amides is 1. The Labute approximate surface area is 144 Å². The van der Waals surface area contributed by atoms with Gasteiger partial charge in [-0.2, -0.15) is 0 Å². The third-order valence-electron chi connectivity index (χ3n) is 3.14. The van der Waals surface area contributed by atoms with Crippen molar-refractivity contribution >= 4 is 41.6 Å². The molecule has 7 heteroatoms. The van der Waals surface area contributed by atoms with E-state index in [4.69, 9.17) is 17.3 Å². The monoisotopic (exact) mass is 348 g/mol. The number of rotatable bonds is 3. The average molecular weight is 349 g/mol. The van der Waals surface area contributed by atoms with Gasteiger partial charge in [0.05, 0.1) is 11.9 Å². The fourth-order valence-electron chi connectivity index (χ4n) is 2.05. The van der Waals surface area contributed by atoms with Crippen LogP contribution in [0.4, 0.5) is 11.6 Å². The molecule has 3 aromatic rings. The third kappa shape index (κ3) is 4.03. The zero-order valence-corrected chi connectivity index (χ0v) is 13.5. The lowest BCUT2D eigenvalue weighted by atomic mass is 10.1. The summed E-state index contributed by atoms with van der Waals surface area (Å²) in [5, 5.41) is 3.35. The van der Waals surface area contributed by atoms with Gasteiger partial charge in [-0.05, 0) is 35.9 Å². The van der Waals surface area contributed by atoms with Crippen molar-refractivity contribution in [2.24, 2.45) is 0 Å². The molecule has 0 saturated heterocycles. The smallest absolute Gasteiger partial charge is 0.255 e. The number of H-pyrrole nitrogens is 1. The summed E-state index contributed by atoms with van der Waals surface area (Å²) in [6.45, 7) is 0. The predicted molar refractivity (Wildman–Crippen MR) is 95.1 cm³/mol. The molecule has 0 spiro atoms. The molecule has 0 radical (unpaired) electrons. The first-order valence-electron chi connectivity index (χ1n) is 6.59. The summed E-state index contributed by atoms with van der Waals surface area (Å²) in [6, 6.07) is 14.2. The second-order valence-corrected chi connectivity index (χ2v) is 5.16. The van der Waals surface area contributed by atoms with E-state index in [0.29, 0.717) is 22.2 Å². The van der Waals surface area contributed by atoms with Crippen LogP contribution in [0.15, 0.2) is 54.7 Å². The van der Waals surface area contributed by atoms with Crippen LogP contribution in [-0.2, 0) is 0 Å². The van der Waals surface area contributed by atoms with Crippen LogP contribution in [0.2, 0.25) is 5.02 Å². The number of aromatic nitrogens is 2. The molecular weight excluding hydrogens is 335 g/mol. The zero-order chi connectivity index (χ0) is 15.5. The van der Waals surface area contributed by atoms with Gasteiger partial charge in [0.2, 0.25) is 0 Å². The SMILES string of the molecule is Cl.Nc1ncc(-c2ccc(NC(=O)c3cccc(Cl)c3)cc2)[nH]1. The quantitative estimate of drug-likeness (QED) is 0.669. The molecule has 0 unspecified atom stereocenters. The van der Waals surface area contributed by atoms with Crippen LogP contribution >= 0.6 is 24.0 Å². The fourth-order valence-corrected chi connectivity index (χ4v) is 2.24. The first-order valence-corrected chi connectivity index (χ1v) is 6.97. The molecule has 0 aliphatic heterocycles. The molecule has 1 amide bonds. The van der Waals surface area contributed by atoms with Crippen LogP contribution in [0.1, 0.15) is 10.4 Å². The van der Waals surface area contributed by atoms with Crippen molar-refractivity contribution in [1.29, 1.82) is 0 Å². The molecule has 0 saturated carbocycles. The lowest BCUT2D eigenvalue weighted by molar-refractivity contribution is 0.102. The minimum atomic E-state index is -0.207. The first-order chi connectivity index (χ1) is 10.6. The van der Waals surface area contributed by atoms with Gasteiger partial charge in [0, 0.05) is 16.3 Å². The number of aromatic amines is 1. The van der Waals surface area contributed by atoms with Gasteiger partial charge in [-0.15, -0.1) is 12.4 Å². The van der Waals surface area contributed by atoms with Gasteiger partial charge in [-0.3, -0.25) is 4.79 Å². The van der Waals surface area contributed by atoms with E-state index in [-0.39, 0.29) is 18.3 Å². The van der Waals surface area contributed by atoms with Gasteiger partial charge in [0.15, 0.2) is 5.95 Å². The highest BCUT2D eigenvalue weighted by Gasteiger charge is 2.07. The second kappa shape index (κ2) is 7.17. The number of nitrogens with two attached hydrogens (primary N) is 1. The number of anilines is 2. The summed E-state index contributed by atoms with van der Waals surface area (Å²) in [6.07, 6.45) is 1.66. The Kier molecular flexibility index (Phi) is 5.26. The van der Waals surface area contributed by atoms with E-state index >= 15 is 0 Å². The molecule has 1 aromatic heterocycles. The Morgan fingerprint density at radius 2 is 1.91 bits per heavy atom. The molecule has 118 valence electrons. The maximum Gasteiger partial charge on any atom is 0.255 e. The van der Waals surface area contributed by atoms with Gasteiger partial charge in [-0.1, -0.05) is 29.8 Å². The molecule has 0 fully saturated rings. The Balaban J connectivity index is 0.00000192. The summed E-state index contributed by atoms with van der Waals surface area (Å²) in [5.74, 6) is 0.161. The maximum absolute atomic E-state index is 12.1. The lowest BCUT2D eigenvalue weighted by Crippen LogP contribution is -2.11. The Hall–Kier alpha value is -2.50. The van der Waals surface area contributed by atoms with E-state index in [9.17, 15) is 4.79 Å². The van der Waals surface area contributed by atoms with Crippen LogP contribution in [0.25, 0.3) is 11.3 Å². The molecule has 4 N–H and O–H groups in total. The molecule has 1 heterocycles. The topological polar surface area (TPSA) is 83.8 Å². The standard InChI is InChI=1S/C16H13ClN4O.ClH/c17-12-3-1-2-11(8-12)15(22)20-13-6-4-10(5-7-13)14-9-19-16(18)21-14;/h1-9H,(H,20,22)(H3,18,19,21);1H. The van der Waals surface area contributed by atoms with Gasteiger partial charge < -0.3 is 16.0 Å².